The fraction of sp³-hybridized carbons (Fsp3) is 0.500. The Balaban J connectivity index is 1.96. The highest BCUT2D eigenvalue weighted by Crippen LogP contribution is 2.26. The standard InChI is InChI=1S/C22H30N4O2/c1-5-25(6-2)22(28)20-24-19(18-13-9-10-14-26(18)20)21(27)23-17-12-8-7-11-16(17)15(3)4/h7-8,11-12,15H,5-6,9-10,13-14H2,1-4H3,(H,23,27). The molecule has 1 aliphatic heterocycles. The van der Waals surface area contributed by atoms with Crippen molar-refractivity contribution in [3.8, 4) is 0 Å². The number of anilines is 1. The van der Waals surface area contributed by atoms with Gasteiger partial charge < -0.3 is 14.8 Å². The minimum absolute atomic E-state index is 0.102. The Bertz CT molecular complexity index is 865. The summed E-state index contributed by atoms with van der Waals surface area (Å²) in [5.74, 6) is 0.347. The van der Waals surface area contributed by atoms with Crippen molar-refractivity contribution in [3.63, 3.8) is 0 Å². The second kappa shape index (κ2) is 8.59. The Morgan fingerprint density at radius 2 is 1.89 bits per heavy atom. The van der Waals surface area contributed by atoms with Gasteiger partial charge in [-0.15, -0.1) is 0 Å². The molecule has 1 aromatic carbocycles. The summed E-state index contributed by atoms with van der Waals surface area (Å²) in [5.41, 5.74) is 3.15. The van der Waals surface area contributed by atoms with Gasteiger partial charge in [-0.05, 0) is 50.7 Å². The molecule has 0 unspecified atom stereocenters. The van der Waals surface area contributed by atoms with Gasteiger partial charge in [-0.25, -0.2) is 4.98 Å². The van der Waals surface area contributed by atoms with Crippen molar-refractivity contribution < 1.29 is 9.59 Å². The summed E-state index contributed by atoms with van der Waals surface area (Å²) in [6, 6.07) is 7.83. The first-order valence-corrected chi connectivity index (χ1v) is 10.3. The molecule has 2 amide bonds. The van der Waals surface area contributed by atoms with Crippen molar-refractivity contribution >= 4 is 17.5 Å². The molecule has 6 nitrogen and oxygen atoms in total. The molecule has 0 radical (unpaired) electrons. The SMILES string of the molecule is CCN(CC)C(=O)c1nc(C(=O)Nc2ccccc2C(C)C)c2n1CCCC2. The lowest BCUT2D eigenvalue weighted by Crippen LogP contribution is -2.33. The van der Waals surface area contributed by atoms with Crippen molar-refractivity contribution in [2.24, 2.45) is 0 Å². The van der Waals surface area contributed by atoms with Gasteiger partial charge in [-0.3, -0.25) is 9.59 Å². The maximum absolute atomic E-state index is 13.1. The van der Waals surface area contributed by atoms with Gasteiger partial charge in [0.15, 0.2) is 11.5 Å². The van der Waals surface area contributed by atoms with E-state index in [1.807, 2.05) is 42.7 Å². The van der Waals surface area contributed by atoms with Crippen LogP contribution in [0.25, 0.3) is 0 Å². The van der Waals surface area contributed by atoms with Crippen LogP contribution in [0.3, 0.4) is 0 Å². The van der Waals surface area contributed by atoms with Crippen molar-refractivity contribution in [1.82, 2.24) is 14.5 Å². The van der Waals surface area contributed by atoms with E-state index in [0.29, 0.717) is 30.5 Å². The van der Waals surface area contributed by atoms with E-state index in [4.69, 9.17) is 0 Å². The van der Waals surface area contributed by atoms with Crippen molar-refractivity contribution in [2.45, 2.75) is 59.4 Å². The molecule has 0 atom stereocenters. The fourth-order valence-electron chi connectivity index (χ4n) is 3.84. The van der Waals surface area contributed by atoms with Gasteiger partial charge in [0.25, 0.3) is 11.8 Å². The van der Waals surface area contributed by atoms with Crippen LogP contribution in [0, 0.1) is 0 Å². The Morgan fingerprint density at radius 3 is 2.57 bits per heavy atom. The molecule has 0 saturated heterocycles. The van der Waals surface area contributed by atoms with E-state index in [1.165, 1.54) is 0 Å². The zero-order valence-electron chi connectivity index (χ0n) is 17.3. The number of aromatic nitrogens is 2. The molecule has 2 heterocycles. The minimum atomic E-state index is -0.239. The highest BCUT2D eigenvalue weighted by molar-refractivity contribution is 6.05. The number of nitrogens with zero attached hydrogens (tertiary/aromatic N) is 3. The third-order valence-electron chi connectivity index (χ3n) is 5.41. The van der Waals surface area contributed by atoms with E-state index in [0.717, 1.165) is 42.8 Å². The van der Waals surface area contributed by atoms with E-state index >= 15 is 0 Å². The molecule has 1 aromatic heterocycles. The quantitative estimate of drug-likeness (QED) is 0.819. The van der Waals surface area contributed by atoms with Crippen molar-refractivity contribution in [2.75, 3.05) is 18.4 Å². The number of hydrogen-bond acceptors (Lipinski definition) is 3. The van der Waals surface area contributed by atoms with E-state index in [-0.39, 0.29) is 11.8 Å². The van der Waals surface area contributed by atoms with Crippen molar-refractivity contribution in [1.29, 1.82) is 0 Å². The molecule has 0 fully saturated rings. The largest absolute Gasteiger partial charge is 0.337 e. The van der Waals surface area contributed by atoms with Crippen LogP contribution < -0.4 is 5.32 Å². The number of rotatable bonds is 6. The highest BCUT2D eigenvalue weighted by Gasteiger charge is 2.29. The summed E-state index contributed by atoms with van der Waals surface area (Å²) in [7, 11) is 0. The molecule has 28 heavy (non-hydrogen) atoms. The summed E-state index contributed by atoms with van der Waals surface area (Å²) < 4.78 is 1.95. The molecule has 1 N–H and O–H groups in total. The van der Waals surface area contributed by atoms with Crippen LogP contribution >= 0.6 is 0 Å². The van der Waals surface area contributed by atoms with Crippen LogP contribution in [0.1, 0.15) is 78.8 Å². The van der Waals surface area contributed by atoms with Gasteiger partial charge >= 0.3 is 0 Å². The second-order valence-corrected chi connectivity index (χ2v) is 7.51. The minimum Gasteiger partial charge on any atom is -0.337 e. The van der Waals surface area contributed by atoms with Gasteiger partial charge in [-0.2, -0.15) is 0 Å². The normalized spacial score (nSPS) is 13.3. The number of nitrogens with one attached hydrogen (secondary N) is 1. The Hall–Kier alpha value is -2.63. The number of carbonyl (C=O) groups is 2. The average molecular weight is 383 g/mol. The molecule has 0 bridgehead atoms. The Morgan fingerprint density at radius 1 is 1.18 bits per heavy atom. The van der Waals surface area contributed by atoms with Gasteiger partial charge in [-0.1, -0.05) is 32.0 Å². The van der Waals surface area contributed by atoms with Crippen LogP contribution in [0.15, 0.2) is 24.3 Å². The predicted octanol–water partition coefficient (Wildman–Crippen LogP) is 4.08. The summed E-state index contributed by atoms with van der Waals surface area (Å²) in [6.45, 7) is 10.1. The number of carbonyl (C=O) groups excluding carboxylic acids is 2. The molecule has 0 spiro atoms. The van der Waals surface area contributed by atoms with Gasteiger partial charge in [0.1, 0.15) is 0 Å². The maximum Gasteiger partial charge on any atom is 0.289 e. The van der Waals surface area contributed by atoms with Crippen LogP contribution in [-0.2, 0) is 13.0 Å². The Labute approximate surface area is 166 Å². The van der Waals surface area contributed by atoms with Gasteiger partial charge in [0.05, 0.1) is 5.69 Å². The summed E-state index contributed by atoms with van der Waals surface area (Å²) in [4.78, 5) is 32.3. The third-order valence-corrected chi connectivity index (χ3v) is 5.41. The number of hydrogen-bond donors (Lipinski definition) is 1. The third kappa shape index (κ3) is 3.81. The van der Waals surface area contributed by atoms with Crippen LogP contribution in [-0.4, -0.2) is 39.4 Å². The number of amides is 2. The number of para-hydroxylation sites is 1. The Kier molecular flexibility index (Phi) is 6.17. The molecule has 1 aliphatic rings. The highest BCUT2D eigenvalue weighted by atomic mass is 16.2. The van der Waals surface area contributed by atoms with Crippen LogP contribution in [0.4, 0.5) is 5.69 Å². The molecular formula is C22H30N4O2. The first-order valence-electron chi connectivity index (χ1n) is 10.3. The lowest BCUT2D eigenvalue weighted by molar-refractivity contribution is 0.0754. The molecule has 0 aliphatic carbocycles. The molecule has 150 valence electrons. The number of fused-ring (bicyclic) bond motifs is 1. The van der Waals surface area contributed by atoms with E-state index in [2.05, 4.69) is 24.1 Å². The van der Waals surface area contributed by atoms with E-state index in [1.54, 1.807) is 4.90 Å². The van der Waals surface area contributed by atoms with Gasteiger partial charge in [0, 0.05) is 25.3 Å². The lowest BCUT2D eigenvalue weighted by Gasteiger charge is -2.21. The monoisotopic (exact) mass is 382 g/mol. The maximum atomic E-state index is 13.1. The smallest absolute Gasteiger partial charge is 0.289 e. The van der Waals surface area contributed by atoms with Crippen LogP contribution in [0.2, 0.25) is 0 Å². The predicted molar refractivity (Wildman–Crippen MR) is 111 cm³/mol. The zero-order chi connectivity index (χ0) is 20.3. The van der Waals surface area contributed by atoms with Gasteiger partial charge in [0.2, 0.25) is 0 Å². The number of imidazole rings is 1. The molecule has 3 rings (SSSR count). The first kappa shape index (κ1) is 20.1. The average Bonchev–Trinajstić information content (AvgIpc) is 3.09. The van der Waals surface area contributed by atoms with Crippen molar-refractivity contribution in [3.05, 3.63) is 47.0 Å². The van der Waals surface area contributed by atoms with E-state index < -0.39 is 0 Å². The second-order valence-electron chi connectivity index (χ2n) is 7.51. The fourth-order valence-corrected chi connectivity index (χ4v) is 3.84. The topological polar surface area (TPSA) is 67.2 Å². The molecular weight excluding hydrogens is 352 g/mol. The van der Waals surface area contributed by atoms with Crippen LogP contribution in [0.5, 0.6) is 0 Å². The summed E-state index contributed by atoms with van der Waals surface area (Å²) in [6.07, 6.45) is 2.78. The summed E-state index contributed by atoms with van der Waals surface area (Å²) >= 11 is 0. The van der Waals surface area contributed by atoms with E-state index in [9.17, 15) is 9.59 Å². The molecule has 0 saturated carbocycles. The lowest BCUT2D eigenvalue weighted by atomic mass is 10.0. The molecule has 6 heteroatoms. The molecule has 2 aromatic rings. The summed E-state index contributed by atoms with van der Waals surface area (Å²) in [5, 5.41) is 3.03. The number of benzene rings is 1. The zero-order valence-corrected chi connectivity index (χ0v) is 17.3. The first-order chi connectivity index (χ1) is 13.5.